The Morgan fingerprint density at radius 2 is 1.83 bits per heavy atom. The number of aromatic nitrogens is 1. The number of benzene rings is 2. The Morgan fingerprint density at radius 1 is 1.03 bits per heavy atom. The van der Waals surface area contributed by atoms with Crippen LogP contribution in [0.5, 0.6) is 5.75 Å². The molecule has 1 atom stereocenters. The SMILES string of the molecule is Cc1ccc(Cc2cccc([C@@H]3CCCN3C(=O)COc3ccccc3)n2)cc1. The summed E-state index contributed by atoms with van der Waals surface area (Å²) >= 11 is 0. The second kappa shape index (κ2) is 8.91. The minimum atomic E-state index is 0.0158. The van der Waals surface area contributed by atoms with Gasteiger partial charge in [0.2, 0.25) is 0 Å². The molecule has 0 N–H and O–H groups in total. The average Bonchev–Trinajstić information content (AvgIpc) is 3.25. The van der Waals surface area contributed by atoms with Crippen LogP contribution < -0.4 is 4.74 Å². The van der Waals surface area contributed by atoms with Gasteiger partial charge >= 0.3 is 0 Å². The molecular formula is C25H26N2O2. The quantitative estimate of drug-likeness (QED) is 0.615. The molecule has 2 aromatic carbocycles. The smallest absolute Gasteiger partial charge is 0.261 e. The first-order chi connectivity index (χ1) is 14.2. The molecule has 0 aliphatic carbocycles. The third-order valence-electron chi connectivity index (χ3n) is 5.35. The summed E-state index contributed by atoms with van der Waals surface area (Å²) in [6.45, 7) is 2.91. The van der Waals surface area contributed by atoms with Crippen LogP contribution in [-0.4, -0.2) is 28.9 Å². The monoisotopic (exact) mass is 386 g/mol. The third kappa shape index (κ3) is 4.83. The van der Waals surface area contributed by atoms with Crippen LogP contribution in [0.3, 0.4) is 0 Å². The molecular weight excluding hydrogens is 360 g/mol. The van der Waals surface area contributed by atoms with Gasteiger partial charge in [0.25, 0.3) is 5.91 Å². The molecule has 1 amide bonds. The average molecular weight is 386 g/mol. The van der Waals surface area contributed by atoms with E-state index in [1.54, 1.807) is 0 Å². The largest absolute Gasteiger partial charge is 0.484 e. The predicted octanol–water partition coefficient (Wildman–Crippen LogP) is 4.72. The number of ether oxygens (including phenoxy) is 1. The highest BCUT2D eigenvalue weighted by atomic mass is 16.5. The van der Waals surface area contributed by atoms with Gasteiger partial charge < -0.3 is 9.64 Å². The van der Waals surface area contributed by atoms with Crippen molar-refractivity contribution in [1.82, 2.24) is 9.88 Å². The van der Waals surface area contributed by atoms with E-state index in [1.165, 1.54) is 11.1 Å². The van der Waals surface area contributed by atoms with Gasteiger partial charge in [-0.05, 0) is 49.6 Å². The van der Waals surface area contributed by atoms with Crippen molar-refractivity contribution in [3.05, 3.63) is 95.3 Å². The van der Waals surface area contributed by atoms with Crippen LogP contribution in [0.1, 0.15) is 41.4 Å². The van der Waals surface area contributed by atoms with E-state index >= 15 is 0 Å². The first-order valence-corrected chi connectivity index (χ1v) is 10.2. The second-order valence-electron chi connectivity index (χ2n) is 7.56. The summed E-state index contributed by atoms with van der Waals surface area (Å²) in [6.07, 6.45) is 2.73. The first kappa shape index (κ1) is 19.2. The fraction of sp³-hybridized carbons (Fsp3) is 0.280. The number of hydrogen-bond acceptors (Lipinski definition) is 3. The van der Waals surface area contributed by atoms with Crippen LogP contribution in [0.4, 0.5) is 0 Å². The predicted molar refractivity (Wildman–Crippen MR) is 114 cm³/mol. The van der Waals surface area contributed by atoms with Crippen LogP contribution in [0, 0.1) is 6.92 Å². The zero-order chi connectivity index (χ0) is 20.1. The Balaban J connectivity index is 1.44. The molecule has 1 aromatic heterocycles. The highest BCUT2D eigenvalue weighted by molar-refractivity contribution is 5.78. The number of carbonyl (C=O) groups is 1. The minimum Gasteiger partial charge on any atom is -0.484 e. The topological polar surface area (TPSA) is 42.4 Å². The maximum atomic E-state index is 12.8. The van der Waals surface area contributed by atoms with Crippen molar-refractivity contribution in [1.29, 1.82) is 0 Å². The van der Waals surface area contributed by atoms with Crippen LogP contribution >= 0.6 is 0 Å². The van der Waals surface area contributed by atoms with E-state index in [9.17, 15) is 4.79 Å². The Hall–Kier alpha value is -3.14. The number of pyridine rings is 1. The Bertz CT molecular complexity index is 954. The lowest BCUT2D eigenvalue weighted by atomic mass is 10.1. The Labute approximate surface area is 172 Å². The van der Waals surface area contributed by atoms with E-state index in [-0.39, 0.29) is 18.6 Å². The number of rotatable bonds is 6. The van der Waals surface area contributed by atoms with Crippen molar-refractivity contribution in [2.45, 2.75) is 32.2 Å². The molecule has 1 aliphatic rings. The molecule has 1 fully saturated rings. The van der Waals surface area contributed by atoms with Crippen LogP contribution in [0.15, 0.2) is 72.8 Å². The molecule has 0 spiro atoms. The maximum Gasteiger partial charge on any atom is 0.261 e. The summed E-state index contributed by atoms with van der Waals surface area (Å²) in [7, 11) is 0. The molecule has 3 aromatic rings. The molecule has 29 heavy (non-hydrogen) atoms. The molecule has 0 unspecified atom stereocenters. The van der Waals surface area contributed by atoms with E-state index in [0.717, 1.165) is 42.9 Å². The minimum absolute atomic E-state index is 0.0158. The van der Waals surface area contributed by atoms with Gasteiger partial charge in [0.05, 0.1) is 11.7 Å². The number of para-hydroxylation sites is 1. The Kier molecular flexibility index (Phi) is 5.89. The van der Waals surface area contributed by atoms with E-state index in [2.05, 4.69) is 37.3 Å². The molecule has 148 valence electrons. The van der Waals surface area contributed by atoms with Gasteiger partial charge in [0.1, 0.15) is 5.75 Å². The van der Waals surface area contributed by atoms with Crippen molar-refractivity contribution in [3.63, 3.8) is 0 Å². The van der Waals surface area contributed by atoms with Crippen LogP contribution in [-0.2, 0) is 11.2 Å². The summed E-state index contributed by atoms with van der Waals surface area (Å²) < 4.78 is 5.67. The van der Waals surface area contributed by atoms with Gasteiger partial charge in [-0.15, -0.1) is 0 Å². The number of hydrogen-bond donors (Lipinski definition) is 0. The fourth-order valence-electron chi connectivity index (χ4n) is 3.81. The van der Waals surface area contributed by atoms with Crippen LogP contribution in [0.2, 0.25) is 0 Å². The molecule has 1 aliphatic heterocycles. The molecule has 0 bridgehead atoms. The molecule has 0 saturated carbocycles. The lowest BCUT2D eigenvalue weighted by molar-refractivity contribution is -0.134. The summed E-state index contributed by atoms with van der Waals surface area (Å²) in [5, 5.41) is 0. The summed E-state index contributed by atoms with van der Waals surface area (Å²) in [6, 6.07) is 24.2. The van der Waals surface area contributed by atoms with Crippen LogP contribution in [0.25, 0.3) is 0 Å². The number of carbonyl (C=O) groups excluding carboxylic acids is 1. The van der Waals surface area contributed by atoms with E-state index in [4.69, 9.17) is 9.72 Å². The molecule has 4 heteroatoms. The van der Waals surface area contributed by atoms with Gasteiger partial charge in [0.15, 0.2) is 6.61 Å². The van der Waals surface area contributed by atoms with Crippen molar-refractivity contribution >= 4 is 5.91 Å². The highest BCUT2D eigenvalue weighted by Gasteiger charge is 2.31. The van der Waals surface area contributed by atoms with E-state index < -0.39 is 0 Å². The zero-order valence-electron chi connectivity index (χ0n) is 16.8. The van der Waals surface area contributed by atoms with Gasteiger partial charge in [-0.25, -0.2) is 0 Å². The summed E-state index contributed by atoms with van der Waals surface area (Å²) in [4.78, 5) is 19.6. The summed E-state index contributed by atoms with van der Waals surface area (Å²) in [5.74, 6) is 0.733. The lowest BCUT2D eigenvalue weighted by Crippen LogP contribution is -2.34. The van der Waals surface area contributed by atoms with E-state index in [1.807, 2.05) is 47.4 Å². The van der Waals surface area contributed by atoms with Gasteiger partial charge in [0, 0.05) is 18.7 Å². The molecule has 2 heterocycles. The maximum absolute atomic E-state index is 12.8. The molecule has 1 saturated heterocycles. The standard InChI is InChI=1S/C25H26N2O2/c1-19-12-14-20(15-13-19)17-21-7-5-10-23(26-21)24-11-6-16-27(24)25(28)18-29-22-8-3-2-4-9-22/h2-5,7-10,12-15,24H,6,11,16-18H2,1H3/t24-/m0/s1. The first-order valence-electron chi connectivity index (χ1n) is 10.2. The summed E-state index contributed by atoms with van der Waals surface area (Å²) in [5.41, 5.74) is 4.51. The fourth-order valence-corrected chi connectivity index (χ4v) is 3.81. The molecule has 4 nitrogen and oxygen atoms in total. The van der Waals surface area contributed by atoms with Crippen molar-refractivity contribution in [2.24, 2.45) is 0 Å². The third-order valence-corrected chi connectivity index (χ3v) is 5.35. The molecule has 4 rings (SSSR count). The van der Waals surface area contributed by atoms with Crippen molar-refractivity contribution in [3.8, 4) is 5.75 Å². The van der Waals surface area contributed by atoms with Gasteiger partial charge in [-0.3, -0.25) is 9.78 Å². The normalized spacial score (nSPS) is 16.0. The van der Waals surface area contributed by atoms with Gasteiger partial charge in [-0.1, -0.05) is 54.1 Å². The molecule has 0 radical (unpaired) electrons. The van der Waals surface area contributed by atoms with Crippen molar-refractivity contribution < 1.29 is 9.53 Å². The highest BCUT2D eigenvalue weighted by Crippen LogP contribution is 2.31. The number of amides is 1. The number of aryl methyl sites for hydroxylation is 1. The Morgan fingerprint density at radius 3 is 2.62 bits per heavy atom. The lowest BCUT2D eigenvalue weighted by Gasteiger charge is -2.24. The number of nitrogens with zero attached hydrogens (tertiary/aromatic N) is 2. The van der Waals surface area contributed by atoms with Gasteiger partial charge in [-0.2, -0.15) is 0 Å². The van der Waals surface area contributed by atoms with Crippen molar-refractivity contribution in [2.75, 3.05) is 13.2 Å². The van der Waals surface area contributed by atoms with E-state index in [0.29, 0.717) is 0 Å². The second-order valence-corrected chi connectivity index (χ2v) is 7.56. The zero-order valence-corrected chi connectivity index (χ0v) is 16.8. The number of likely N-dealkylation sites (tertiary alicyclic amines) is 1.